The van der Waals surface area contributed by atoms with Crippen LogP contribution in [0, 0.1) is 0 Å². The zero-order chi connectivity index (χ0) is 15.8. The van der Waals surface area contributed by atoms with Crippen molar-refractivity contribution in [1.29, 1.82) is 0 Å². The fourth-order valence-electron chi connectivity index (χ4n) is 1.48. The van der Waals surface area contributed by atoms with Gasteiger partial charge in [0.25, 0.3) is 0 Å². The maximum atomic E-state index is 11.4. The van der Waals surface area contributed by atoms with Crippen LogP contribution in [0.1, 0.15) is 11.1 Å². The minimum absolute atomic E-state index is 0.159. The van der Waals surface area contributed by atoms with Crippen LogP contribution in [0.5, 0.6) is 11.5 Å². The van der Waals surface area contributed by atoms with Crippen molar-refractivity contribution < 1.29 is 15.0 Å². The highest BCUT2D eigenvalue weighted by atomic mass is 16.3. The SMILES string of the molecule is O=C(N/N=C\c1ccc(O)cc1)N/N=C/c1ccc(O)cc1. The van der Waals surface area contributed by atoms with E-state index in [-0.39, 0.29) is 11.5 Å². The van der Waals surface area contributed by atoms with Crippen LogP contribution in [0.25, 0.3) is 0 Å². The van der Waals surface area contributed by atoms with Crippen molar-refractivity contribution in [3.63, 3.8) is 0 Å². The van der Waals surface area contributed by atoms with Crippen molar-refractivity contribution in [2.75, 3.05) is 0 Å². The van der Waals surface area contributed by atoms with Crippen molar-refractivity contribution >= 4 is 18.5 Å². The quantitative estimate of drug-likeness (QED) is 0.510. The molecule has 2 amide bonds. The Hall–Kier alpha value is -3.35. The molecule has 0 spiro atoms. The Morgan fingerprint density at radius 3 is 1.50 bits per heavy atom. The first-order chi connectivity index (χ1) is 10.6. The summed E-state index contributed by atoms with van der Waals surface area (Å²) in [4.78, 5) is 11.4. The molecule has 0 radical (unpaired) electrons. The lowest BCUT2D eigenvalue weighted by atomic mass is 10.2. The van der Waals surface area contributed by atoms with E-state index in [1.54, 1.807) is 24.3 Å². The van der Waals surface area contributed by atoms with Crippen LogP contribution < -0.4 is 10.9 Å². The molecule has 2 aromatic rings. The Morgan fingerprint density at radius 1 is 0.773 bits per heavy atom. The second-order valence-electron chi connectivity index (χ2n) is 4.25. The molecule has 7 nitrogen and oxygen atoms in total. The van der Waals surface area contributed by atoms with E-state index < -0.39 is 6.03 Å². The Morgan fingerprint density at radius 2 is 1.14 bits per heavy atom. The Bertz CT molecular complexity index is 619. The molecule has 0 bridgehead atoms. The molecule has 0 saturated heterocycles. The van der Waals surface area contributed by atoms with E-state index in [0.717, 1.165) is 11.1 Å². The van der Waals surface area contributed by atoms with Gasteiger partial charge in [-0.15, -0.1) is 0 Å². The highest BCUT2D eigenvalue weighted by molar-refractivity contribution is 5.83. The van der Waals surface area contributed by atoms with E-state index in [4.69, 9.17) is 10.2 Å². The Balaban J connectivity index is 1.78. The molecule has 0 unspecified atom stereocenters. The van der Waals surface area contributed by atoms with Crippen LogP contribution >= 0.6 is 0 Å². The van der Waals surface area contributed by atoms with E-state index in [0.29, 0.717) is 0 Å². The molecule has 0 heterocycles. The van der Waals surface area contributed by atoms with E-state index in [1.807, 2.05) is 0 Å². The lowest BCUT2D eigenvalue weighted by Crippen LogP contribution is -2.28. The lowest BCUT2D eigenvalue weighted by molar-refractivity contribution is 0.242. The van der Waals surface area contributed by atoms with Crippen molar-refractivity contribution in [3.05, 3.63) is 59.7 Å². The van der Waals surface area contributed by atoms with Gasteiger partial charge >= 0.3 is 6.03 Å². The van der Waals surface area contributed by atoms with E-state index in [9.17, 15) is 4.79 Å². The molecule has 0 fully saturated rings. The number of hydrogen-bond acceptors (Lipinski definition) is 5. The molecule has 22 heavy (non-hydrogen) atoms. The molecule has 2 rings (SSSR count). The largest absolute Gasteiger partial charge is 0.508 e. The smallest absolute Gasteiger partial charge is 0.355 e. The third-order valence-corrected chi connectivity index (χ3v) is 2.55. The molecule has 0 aliphatic rings. The van der Waals surface area contributed by atoms with Gasteiger partial charge in [0, 0.05) is 0 Å². The standard InChI is InChI=1S/C15H14N4O3/c20-13-5-1-11(2-6-13)9-16-18-15(22)19-17-10-12-3-7-14(21)8-4-12/h1-10,20-21H,(H2,18,19,22)/b16-9-,17-10+. The molecular formula is C15H14N4O3. The molecule has 0 saturated carbocycles. The second-order valence-corrected chi connectivity index (χ2v) is 4.25. The topological polar surface area (TPSA) is 106 Å². The first-order valence-electron chi connectivity index (χ1n) is 6.34. The number of hydrazone groups is 2. The number of amides is 2. The fourth-order valence-corrected chi connectivity index (χ4v) is 1.48. The number of carbonyl (C=O) groups is 1. The first-order valence-corrected chi connectivity index (χ1v) is 6.34. The molecule has 0 aliphatic heterocycles. The van der Waals surface area contributed by atoms with Gasteiger partial charge in [0.15, 0.2) is 0 Å². The number of urea groups is 1. The van der Waals surface area contributed by atoms with Gasteiger partial charge in [-0.05, 0) is 59.7 Å². The minimum Gasteiger partial charge on any atom is -0.508 e. The summed E-state index contributed by atoms with van der Waals surface area (Å²) in [6.07, 6.45) is 2.87. The van der Waals surface area contributed by atoms with Gasteiger partial charge in [-0.2, -0.15) is 10.2 Å². The lowest BCUT2D eigenvalue weighted by Gasteiger charge is -1.98. The third-order valence-electron chi connectivity index (χ3n) is 2.55. The van der Waals surface area contributed by atoms with Gasteiger partial charge in [0.05, 0.1) is 12.4 Å². The number of rotatable bonds is 4. The Kier molecular flexibility index (Phi) is 5.09. The van der Waals surface area contributed by atoms with Gasteiger partial charge < -0.3 is 10.2 Å². The summed E-state index contributed by atoms with van der Waals surface area (Å²) in [5.41, 5.74) is 5.94. The highest BCUT2D eigenvalue weighted by Gasteiger charge is 1.95. The summed E-state index contributed by atoms with van der Waals surface area (Å²) in [5.74, 6) is 0.317. The van der Waals surface area contributed by atoms with E-state index in [1.165, 1.54) is 36.7 Å². The van der Waals surface area contributed by atoms with Crippen molar-refractivity contribution in [3.8, 4) is 11.5 Å². The van der Waals surface area contributed by atoms with E-state index >= 15 is 0 Å². The molecule has 112 valence electrons. The average Bonchev–Trinajstić information content (AvgIpc) is 2.51. The summed E-state index contributed by atoms with van der Waals surface area (Å²) in [5, 5.41) is 25.7. The van der Waals surface area contributed by atoms with Crippen LogP contribution in [-0.2, 0) is 0 Å². The number of phenolic OH excluding ortho intramolecular Hbond substituents is 2. The predicted molar refractivity (Wildman–Crippen MR) is 83.1 cm³/mol. The zero-order valence-corrected chi connectivity index (χ0v) is 11.5. The molecule has 0 aromatic heterocycles. The number of nitrogens with zero attached hydrogens (tertiary/aromatic N) is 2. The Labute approximate surface area is 126 Å². The molecule has 4 N–H and O–H groups in total. The number of benzene rings is 2. The van der Waals surface area contributed by atoms with Crippen LogP contribution in [0.15, 0.2) is 58.7 Å². The number of hydrogen-bond donors (Lipinski definition) is 4. The maximum Gasteiger partial charge on any atom is 0.355 e. The second kappa shape index (κ2) is 7.44. The summed E-state index contributed by atoms with van der Waals surface area (Å²) >= 11 is 0. The number of nitrogens with one attached hydrogen (secondary N) is 2. The van der Waals surface area contributed by atoms with Gasteiger partial charge in [-0.3, -0.25) is 0 Å². The van der Waals surface area contributed by atoms with Crippen molar-refractivity contribution in [1.82, 2.24) is 10.9 Å². The van der Waals surface area contributed by atoms with Gasteiger partial charge in [0.1, 0.15) is 11.5 Å². The summed E-state index contributed by atoms with van der Waals surface area (Å²) in [7, 11) is 0. The zero-order valence-electron chi connectivity index (χ0n) is 11.5. The number of carbonyl (C=O) groups excluding carboxylic acids is 1. The molecule has 7 heteroatoms. The normalized spacial score (nSPS) is 10.9. The van der Waals surface area contributed by atoms with Crippen LogP contribution in [0.4, 0.5) is 4.79 Å². The van der Waals surface area contributed by atoms with Gasteiger partial charge in [-0.1, -0.05) is 0 Å². The summed E-state index contributed by atoms with van der Waals surface area (Å²) in [6.45, 7) is 0. The summed E-state index contributed by atoms with van der Waals surface area (Å²) < 4.78 is 0. The van der Waals surface area contributed by atoms with Crippen molar-refractivity contribution in [2.24, 2.45) is 10.2 Å². The first kappa shape index (κ1) is 15.0. The van der Waals surface area contributed by atoms with Crippen molar-refractivity contribution in [2.45, 2.75) is 0 Å². The number of phenols is 2. The molecule has 0 atom stereocenters. The molecule has 2 aromatic carbocycles. The highest BCUT2D eigenvalue weighted by Crippen LogP contribution is 2.08. The summed E-state index contributed by atoms with van der Waals surface area (Å²) in [6, 6.07) is 12.1. The molecule has 0 aliphatic carbocycles. The molecular weight excluding hydrogens is 284 g/mol. The minimum atomic E-state index is -0.593. The number of aromatic hydroxyl groups is 2. The van der Waals surface area contributed by atoms with Crippen LogP contribution in [0.2, 0.25) is 0 Å². The van der Waals surface area contributed by atoms with Gasteiger partial charge in [0.2, 0.25) is 0 Å². The van der Waals surface area contributed by atoms with Crippen LogP contribution in [0.3, 0.4) is 0 Å². The maximum absolute atomic E-state index is 11.4. The third kappa shape index (κ3) is 4.97. The van der Waals surface area contributed by atoms with Gasteiger partial charge in [-0.25, -0.2) is 15.6 Å². The van der Waals surface area contributed by atoms with Crippen LogP contribution in [-0.4, -0.2) is 28.7 Å². The fraction of sp³-hybridized carbons (Fsp3) is 0. The monoisotopic (exact) mass is 298 g/mol. The van der Waals surface area contributed by atoms with E-state index in [2.05, 4.69) is 21.1 Å². The average molecular weight is 298 g/mol. The predicted octanol–water partition coefficient (Wildman–Crippen LogP) is 1.76.